The largest absolute Gasteiger partial charge is 0.346 e. The molecule has 4 rings (SSSR count). The summed E-state index contributed by atoms with van der Waals surface area (Å²) in [5, 5.41) is 3.03. The Hall–Kier alpha value is -2.69. The highest BCUT2D eigenvalue weighted by atomic mass is 19.1. The van der Waals surface area contributed by atoms with Gasteiger partial charge in [0.2, 0.25) is 5.91 Å². The van der Waals surface area contributed by atoms with Crippen molar-refractivity contribution < 1.29 is 9.18 Å². The Morgan fingerprint density at radius 1 is 1.24 bits per heavy atom. The molecule has 0 spiro atoms. The first-order chi connectivity index (χ1) is 12.1. The van der Waals surface area contributed by atoms with Crippen LogP contribution in [0.25, 0.3) is 11.0 Å². The maximum Gasteiger partial charge on any atom is 0.224 e. The predicted octanol–water partition coefficient (Wildman–Crippen LogP) is 3.69. The first-order valence-corrected chi connectivity index (χ1v) is 8.52. The zero-order valence-electron chi connectivity index (χ0n) is 14.2. The molecule has 128 valence electrons. The van der Waals surface area contributed by atoms with E-state index in [9.17, 15) is 9.18 Å². The summed E-state index contributed by atoms with van der Waals surface area (Å²) in [4.78, 5) is 17.2. The molecule has 4 nitrogen and oxygen atoms in total. The Bertz CT molecular complexity index is 949. The topological polar surface area (TPSA) is 46.9 Å². The van der Waals surface area contributed by atoms with Crippen LogP contribution in [-0.2, 0) is 11.8 Å². The second-order valence-electron chi connectivity index (χ2n) is 6.72. The average Bonchev–Trinajstić information content (AvgIpc) is 3.33. The molecule has 2 aromatic carbocycles. The lowest BCUT2D eigenvalue weighted by molar-refractivity contribution is -0.123. The van der Waals surface area contributed by atoms with Crippen molar-refractivity contribution in [2.24, 2.45) is 13.0 Å². The third-order valence-electron chi connectivity index (χ3n) is 5.00. The standard InChI is InChI=1S/C20H20FN3O/c1-12(19-23-17-9-5-6-10-18(17)24(19)2)22-20(25)15-11-14(15)13-7-3-4-8-16(13)21/h3-10,12,14-15H,11H2,1-2H3,(H,22,25)/t12-,14+,15+/m0/s1. The highest BCUT2D eigenvalue weighted by Gasteiger charge is 2.45. The molecule has 1 aliphatic carbocycles. The zero-order valence-corrected chi connectivity index (χ0v) is 14.2. The summed E-state index contributed by atoms with van der Waals surface area (Å²) in [5.74, 6) is 0.375. The van der Waals surface area contributed by atoms with Crippen molar-refractivity contribution in [1.29, 1.82) is 0 Å². The van der Waals surface area contributed by atoms with Gasteiger partial charge in [-0.25, -0.2) is 9.37 Å². The van der Waals surface area contributed by atoms with Crippen LogP contribution >= 0.6 is 0 Å². The van der Waals surface area contributed by atoms with E-state index in [1.165, 1.54) is 6.07 Å². The summed E-state index contributed by atoms with van der Waals surface area (Å²) in [6.07, 6.45) is 0.696. The monoisotopic (exact) mass is 337 g/mol. The minimum atomic E-state index is -0.230. The summed E-state index contributed by atoms with van der Waals surface area (Å²) in [7, 11) is 1.95. The summed E-state index contributed by atoms with van der Waals surface area (Å²) in [6, 6.07) is 14.4. The van der Waals surface area contributed by atoms with Crippen molar-refractivity contribution in [3.05, 3.63) is 65.7 Å². The maximum atomic E-state index is 13.9. The fourth-order valence-corrected chi connectivity index (χ4v) is 3.54. The molecule has 0 bridgehead atoms. The highest BCUT2D eigenvalue weighted by molar-refractivity contribution is 5.83. The Morgan fingerprint density at radius 2 is 1.96 bits per heavy atom. The maximum absolute atomic E-state index is 13.9. The van der Waals surface area contributed by atoms with Crippen molar-refractivity contribution in [2.75, 3.05) is 0 Å². The van der Waals surface area contributed by atoms with Crippen molar-refractivity contribution in [1.82, 2.24) is 14.9 Å². The molecule has 0 saturated heterocycles. The van der Waals surface area contributed by atoms with Crippen molar-refractivity contribution in [2.45, 2.75) is 25.3 Å². The van der Waals surface area contributed by atoms with Crippen LogP contribution in [-0.4, -0.2) is 15.5 Å². The zero-order chi connectivity index (χ0) is 17.6. The summed E-state index contributed by atoms with van der Waals surface area (Å²) in [5.41, 5.74) is 2.59. The fraction of sp³-hybridized carbons (Fsp3) is 0.300. The quantitative estimate of drug-likeness (QED) is 0.789. The molecule has 1 aromatic heterocycles. The van der Waals surface area contributed by atoms with Gasteiger partial charge >= 0.3 is 0 Å². The molecule has 25 heavy (non-hydrogen) atoms. The molecule has 0 unspecified atom stereocenters. The summed E-state index contributed by atoms with van der Waals surface area (Å²) in [6.45, 7) is 1.93. The normalized spacial score (nSPS) is 20.4. The SMILES string of the molecule is C[C@H](NC(=O)[C@@H]1C[C@@H]1c1ccccc1F)c1nc2ccccc2n1C. The number of halogens is 1. The Balaban J connectivity index is 1.48. The molecule has 5 heteroatoms. The molecule has 1 heterocycles. The van der Waals surface area contributed by atoms with Crippen LogP contribution in [0.1, 0.15) is 36.7 Å². The van der Waals surface area contributed by atoms with E-state index in [1.54, 1.807) is 12.1 Å². The van der Waals surface area contributed by atoms with E-state index in [4.69, 9.17) is 0 Å². The third-order valence-corrected chi connectivity index (χ3v) is 5.00. The van der Waals surface area contributed by atoms with Crippen LogP contribution < -0.4 is 5.32 Å². The van der Waals surface area contributed by atoms with Gasteiger partial charge in [-0.05, 0) is 43.0 Å². The number of nitrogens with one attached hydrogen (secondary N) is 1. The van der Waals surface area contributed by atoms with Gasteiger partial charge in [0.15, 0.2) is 0 Å². The number of amides is 1. The highest BCUT2D eigenvalue weighted by Crippen LogP contribution is 2.48. The van der Waals surface area contributed by atoms with Gasteiger partial charge in [0.1, 0.15) is 11.6 Å². The van der Waals surface area contributed by atoms with Crippen LogP contribution in [0.15, 0.2) is 48.5 Å². The predicted molar refractivity (Wildman–Crippen MR) is 94.5 cm³/mol. The van der Waals surface area contributed by atoms with E-state index in [0.717, 1.165) is 16.9 Å². The molecular weight excluding hydrogens is 317 g/mol. The lowest BCUT2D eigenvalue weighted by Crippen LogP contribution is -2.30. The number of carbonyl (C=O) groups is 1. The molecule has 3 atom stereocenters. The minimum Gasteiger partial charge on any atom is -0.346 e. The van der Waals surface area contributed by atoms with Crippen molar-refractivity contribution in [3.8, 4) is 0 Å². The Labute approximate surface area is 145 Å². The van der Waals surface area contributed by atoms with E-state index in [-0.39, 0.29) is 29.6 Å². The van der Waals surface area contributed by atoms with Crippen LogP contribution in [0.4, 0.5) is 4.39 Å². The smallest absolute Gasteiger partial charge is 0.224 e. The van der Waals surface area contributed by atoms with Crippen LogP contribution in [0.2, 0.25) is 0 Å². The van der Waals surface area contributed by atoms with Gasteiger partial charge in [0, 0.05) is 13.0 Å². The van der Waals surface area contributed by atoms with Gasteiger partial charge in [-0.15, -0.1) is 0 Å². The van der Waals surface area contributed by atoms with Crippen LogP contribution in [0.5, 0.6) is 0 Å². The number of para-hydroxylation sites is 2. The molecule has 1 fully saturated rings. The number of aromatic nitrogens is 2. The number of aryl methyl sites for hydroxylation is 1. The number of nitrogens with zero attached hydrogens (tertiary/aromatic N) is 2. The number of hydrogen-bond acceptors (Lipinski definition) is 2. The number of rotatable bonds is 4. The second kappa shape index (κ2) is 5.99. The number of fused-ring (bicyclic) bond motifs is 1. The van der Waals surface area contributed by atoms with Crippen molar-refractivity contribution in [3.63, 3.8) is 0 Å². The third kappa shape index (κ3) is 2.80. The first-order valence-electron chi connectivity index (χ1n) is 8.52. The molecule has 1 N–H and O–H groups in total. The molecule has 1 aliphatic rings. The van der Waals surface area contributed by atoms with Gasteiger partial charge in [-0.1, -0.05) is 30.3 Å². The van der Waals surface area contributed by atoms with Crippen molar-refractivity contribution >= 4 is 16.9 Å². The van der Waals surface area contributed by atoms with E-state index in [2.05, 4.69) is 10.3 Å². The summed E-state index contributed by atoms with van der Waals surface area (Å²) < 4.78 is 15.9. The van der Waals surface area contributed by atoms with E-state index in [0.29, 0.717) is 12.0 Å². The molecule has 0 radical (unpaired) electrons. The van der Waals surface area contributed by atoms with Gasteiger partial charge in [-0.3, -0.25) is 4.79 Å². The van der Waals surface area contributed by atoms with Crippen LogP contribution in [0, 0.1) is 11.7 Å². The average molecular weight is 337 g/mol. The number of imidazole rings is 1. The van der Waals surface area contributed by atoms with Gasteiger partial charge in [-0.2, -0.15) is 0 Å². The van der Waals surface area contributed by atoms with E-state index in [1.807, 2.05) is 48.9 Å². The Kier molecular flexibility index (Phi) is 3.79. The number of benzene rings is 2. The molecule has 3 aromatic rings. The second-order valence-corrected chi connectivity index (χ2v) is 6.72. The van der Waals surface area contributed by atoms with Gasteiger partial charge in [0.25, 0.3) is 0 Å². The fourth-order valence-electron chi connectivity index (χ4n) is 3.54. The minimum absolute atomic E-state index is 0.0196. The lowest BCUT2D eigenvalue weighted by atomic mass is 10.1. The molecule has 1 saturated carbocycles. The lowest BCUT2D eigenvalue weighted by Gasteiger charge is -2.14. The van der Waals surface area contributed by atoms with Gasteiger partial charge < -0.3 is 9.88 Å². The van der Waals surface area contributed by atoms with E-state index >= 15 is 0 Å². The molecule has 0 aliphatic heterocycles. The molecule has 1 amide bonds. The Morgan fingerprint density at radius 3 is 2.72 bits per heavy atom. The molecular formula is C20H20FN3O. The summed E-state index contributed by atoms with van der Waals surface area (Å²) >= 11 is 0. The van der Waals surface area contributed by atoms with E-state index < -0.39 is 0 Å². The van der Waals surface area contributed by atoms with Crippen LogP contribution in [0.3, 0.4) is 0 Å². The van der Waals surface area contributed by atoms with Gasteiger partial charge in [0.05, 0.1) is 17.1 Å². The first kappa shape index (κ1) is 15.8. The number of hydrogen-bond donors (Lipinski definition) is 1. The number of carbonyl (C=O) groups excluding carboxylic acids is 1.